The molecule has 5 nitrogen and oxygen atoms in total. The third kappa shape index (κ3) is 4.12. The largest absolute Gasteiger partial charge is 0.462 e. The van der Waals surface area contributed by atoms with Crippen LogP contribution in [0.5, 0.6) is 0 Å². The van der Waals surface area contributed by atoms with Crippen LogP contribution in [-0.2, 0) is 9.53 Å². The molecule has 0 amide bonds. The van der Waals surface area contributed by atoms with Gasteiger partial charge < -0.3 is 9.64 Å². The summed E-state index contributed by atoms with van der Waals surface area (Å²) >= 11 is 0. The molecular weight excluding hydrogens is 338 g/mol. The standard InChI is InChI=1S/C22H27N3O2/c1-16-5-7-17(8-6-16)19-3-2-4-20(19)27-22(26)18-9-13-25(14-10-18)21-15-23-11-12-24-21/h5-8,11-12,15,18-20H,2-4,9-10,13-14H2,1H3/t19-,20+/m1/s1. The molecule has 2 aromatic rings. The monoisotopic (exact) mass is 365 g/mol. The molecule has 2 aliphatic rings. The maximum atomic E-state index is 12.8. The van der Waals surface area contributed by atoms with Gasteiger partial charge in [0.25, 0.3) is 0 Å². The van der Waals surface area contributed by atoms with E-state index < -0.39 is 0 Å². The van der Waals surface area contributed by atoms with Crippen LogP contribution in [0.3, 0.4) is 0 Å². The molecule has 2 fully saturated rings. The number of aromatic nitrogens is 2. The minimum atomic E-state index is -0.0159. The quantitative estimate of drug-likeness (QED) is 0.770. The van der Waals surface area contributed by atoms with E-state index in [1.807, 2.05) is 0 Å². The summed E-state index contributed by atoms with van der Waals surface area (Å²) in [7, 11) is 0. The molecule has 4 rings (SSSR count). The molecule has 27 heavy (non-hydrogen) atoms. The van der Waals surface area contributed by atoms with Gasteiger partial charge >= 0.3 is 5.97 Å². The van der Waals surface area contributed by atoms with E-state index in [9.17, 15) is 4.79 Å². The minimum absolute atomic E-state index is 0.00260. The average Bonchev–Trinajstić information content (AvgIpc) is 3.17. The summed E-state index contributed by atoms with van der Waals surface area (Å²) in [5.41, 5.74) is 2.56. The van der Waals surface area contributed by atoms with Crippen molar-refractivity contribution in [3.05, 3.63) is 54.0 Å². The van der Waals surface area contributed by atoms with Gasteiger partial charge in [0.05, 0.1) is 12.1 Å². The SMILES string of the molecule is Cc1ccc([C@H]2CCC[C@@H]2OC(=O)C2CCN(c3cnccn3)CC2)cc1. The van der Waals surface area contributed by atoms with Crippen molar-refractivity contribution in [3.8, 4) is 0 Å². The highest BCUT2D eigenvalue weighted by molar-refractivity contribution is 5.73. The van der Waals surface area contributed by atoms with Crippen molar-refractivity contribution in [1.82, 2.24) is 9.97 Å². The fraction of sp³-hybridized carbons (Fsp3) is 0.500. The number of nitrogens with zero attached hydrogens (tertiary/aromatic N) is 3. The molecule has 5 heteroatoms. The molecule has 2 atom stereocenters. The number of hydrogen-bond acceptors (Lipinski definition) is 5. The van der Waals surface area contributed by atoms with Crippen LogP contribution in [0, 0.1) is 12.8 Å². The zero-order valence-electron chi connectivity index (χ0n) is 15.9. The Morgan fingerprint density at radius 3 is 2.56 bits per heavy atom. The average molecular weight is 365 g/mol. The van der Waals surface area contributed by atoms with Crippen molar-refractivity contribution in [2.75, 3.05) is 18.0 Å². The normalized spacial score (nSPS) is 23.4. The van der Waals surface area contributed by atoms with Crippen LogP contribution in [0.2, 0.25) is 0 Å². The van der Waals surface area contributed by atoms with E-state index >= 15 is 0 Å². The Labute approximate surface area is 160 Å². The van der Waals surface area contributed by atoms with E-state index in [2.05, 4.69) is 46.1 Å². The molecular formula is C22H27N3O2. The Morgan fingerprint density at radius 1 is 1.07 bits per heavy atom. The summed E-state index contributed by atoms with van der Waals surface area (Å²) in [5, 5.41) is 0. The molecule has 0 unspecified atom stereocenters. The Morgan fingerprint density at radius 2 is 1.85 bits per heavy atom. The van der Waals surface area contributed by atoms with Crippen molar-refractivity contribution in [2.45, 2.75) is 51.0 Å². The Hall–Kier alpha value is -2.43. The van der Waals surface area contributed by atoms with Crippen LogP contribution in [-0.4, -0.2) is 35.1 Å². The molecule has 0 bridgehead atoms. The molecule has 1 saturated heterocycles. The Bertz CT molecular complexity index is 755. The van der Waals surface area contributed by atoms with Gasteiger partial charge in [0.2, 0.25) is 0 Å². The number of esters is 1. The summed E-state index contributed by atoms with van der Waals surface area (Å²) in [6.45, 7) is 3.75. The predicted octanol–water partition coefficient (Wildman–Crippen LogP) is 3.88. The first kappa shape index (κ1) is 18.0. The van der Waals surface area contributed by atoms with Gasteiger partial charge in [-0.1, -0.05) is 29.8 Å². The van der Waals surface area contributed by atoms with Gasteiger partial charge in [0, 0.05) is 31.4 Å². The summed E-state index contributed by atoms with van der Waals surface area (Å²) in [4.78, 5) is 23.4. The molecule has 0 spiro atoms. The molecule has 1 aromatic heterocycles. The lowest BCUT2D eigenvalue weighted by Gasteiger charge is -2.32. The van der Waals surface area contributed by atoms with Gasteiger partial charge in [-0.25, -0.2) is 4.98 Å². The highest BCUT2D eigenvalue weighted by Gasteiger charge is 2.34. The second kappa shape index (κ2) is 8.07. The number of piperidine rings is 1. The summed E-state index contributed by atoms with van der Waals surface area (Å²) < 4.78 is 6.00. The van der Waals surface area contributed by atoms with E-state index in [0.29, 0.717) is 5.92 Å². The molecule has 1 aromatic carbocycles. The van der Waals surface area contributed by atoms with Crippen LogP contribution >= 0.6 is 0 Å². The van der Waals surface area contributed by atoms with E-state index in [-0.39, 0.29) is 18.0 Å². The topological polar surface area (TPSA) is 55.3 Å². The summed E-state index contributed by atoms with van der Waals surface area (Å²) in [6.07, 6.45) is 10.0. The van der Waals surface area contributed by atoms with Gasteiger partial charge in [0.1, 0.15) is 11.9 Å². The van der Waals surface area contributed by atoms with Crippen molar-refractivity contribution in [2.24, 2.45) is 5.92 Å². The molecule has 1 aliphatic carbocycles. The lowest BCUT2D eigenvalue weighted by molar-refractivity contribution is -0.155. The van der Waals surface area contributed by atoms with E-state index in [4.69, 9.17) is 4.74 Å². The molecule has 142 valence electrons. The maximum absolute atomic E-state index is 12.8. The van der Waals surface area contributed by atoms with Crippen LogP contribution in [0.25, 0.3) is 0 Å². The first-order valence-electron chi connectivity index (χ1n) is 9.99. The van der Waals surface area contributed by atoms with Crippen LogP contribution in [0.15, 0.2) is 42.9 Å². The van der Waals surface area contributed by atoms with Crippen molar-refractivity contribution in [1.29, 1.82) is 0 Å². The molecule has 1 aliphatic heterocycles. The van der Waals surface area contributed by atoms with Gasteiger partial charge in [0.15, 0.2) is 0 Å². The zero-order valence-corrected chi connectivity index (χ0v) is 15.9. The van der Waals surface area contributed by atoms with E-state index in [0.717, 1.165) is 51.0 Å². The highest BCUT2D eigenvalue weighted by atomic mass is 16.5. The van der Waals surface area contributed by atoms with E-state index in [1.165, 1.54) is 11.1 Å². The zero-order chi connectivity index (χ0) is 18.6. The maximum Gasteiger partial charge on any atom is 0.309 e. The fourth-order valence-corrected chi connectivity index (χ4v) is 4.31. The van der Waals surface area contributed by atoms with E-state index in [1.54, 1.807) is 18.6 Å². The number of aryl methyl sites for hydroxylation is 1. The smallest absolute Gasteiger partial charge is 0.309 e. The number of carbonyl (C=O) groups is 1. The first-order valence-corrected chi connectivity index (χ1v) is 9.99. The van der Waals surface area contributed by atoms with Crippen molar-refractivity contribution >= 4 is 11.8 Å². The number of carbonyl (C=O) groups excluding carboxylic acids is 1. The Balaban J connectivity index is 1.33. The minimum Gasteiger partial charge on any atom is -0.462 e. The van der Waals surface area contributed by atoms with Gasteiger partial charge in [-0.2, -0.15) is 0 Å². The lowest BCUT2D eigenvalue weighted by atomic mass is 9.94. The second-order valence-electron chi connectivity index (χ2n) is 7.75. The van der Waals surface area contributed by atoms with Crippen LogP contribution < -0.4 is 4.90 Å². The Kier molecular flexibility index (Phi) is 5.37. The summed E-state index contributed by atoms with van der Waals surface area (Å²) in [5.74, 6) is 1.21. The number of hydrogen-bond donors (Lipinski definition) is 0. The van der Waals surface area contributed by atoms with Crippen LogP contribution in [0.1, 0.15) is 49.1 Å². The third-order valence-corrected chi connectivity index (χ3v) is 5.93. The lowest BCUT2D eigenvalue weighted by Crippen LogP contribution is -2.38. The van der Waals surface area contributed by atoms with Crippen molar-refractivity contribution in [3.63, 3.8) is 0 Å². The number of ether oxygens (including phenoxy) is 1. The second-order valence-corrected chi connectivity index (χ2v) is 7.75. The summed E-state index contributed by atoms with van der Waals surface area (Å²) in [6, 6.07) is 8.67. The van der Waals surface area contributed by atoms with Gasteiger partial charge in [-0.05, 0) is 44.6 Å². The number of benzene rings is 1. The van der Waals surface area contributed by atoms with Gasteiger partial charge in [-0.15, -0.1) is 0 Å². The molecule has 0 N–H and O–H groups in total. The molecule has 0 radical (unpaired) electrons. The number of anilines is 1. The van der Waals surface area contributed by atoms with Crippen molar-refractivity contribution < 1.29 is 9.53 Å². The predicted molar refractivity (Wildman–Crippen MR) is 105 cm³/mol. The third-order valence-electron chi connectivity index (χ3n) is 5.93. The fourth-order valence-electron chi connectivity index (χ4n) is 4.31. The number of rotatable bonds is 4. The van der Waals surface area contributed by atoms with Gasteiger partial charge in [-0.3, -0.25) is 9.78 Å². The first-order chi connectivity index (χ1) is 13.2. The van der Waals surface area contributed by atoms with Crippen LogP contribution in [0.4, 0.5) is 5.82 Å². The molecule has 2 heterocycles. The molecule has 1 saturated carbocycles. The highest BCUT2D eigenvalue weighted by Crippen LogP contribution is 2.37.